The zero-order chi connectivity index (χ0) is 15.9. The van der Waals surface area contributed by atoms with Crippen molar-refractivity contribution in [1.82, 2.24) is 10.6 Å². The van der Waals surface area contributed by atoms with Crippen LogP contribution in [0.5, 0.6) is 0 Å². The Bertz CT molecular complexity index is 328. The molecule has 1 aliphatic heterocycles. The van der Waals surface area contributed by atoms with Gasteiger partial charge in [-0.3, -0.25) is 4.79 Å². The van der Waals surface area contributed by atoms with Crippen LogP contribution in [-0.2, 0) is 23.7 Å². The maximum Gasteiger partial charge on any atom is 0.222 e. The molecule has 1 heterocycles. The van der Waals surface area contributed by atoms with Gasteiger partial charge in [0.1, 0.15) is 6.61 Å². The third kappa shape index (κ3) is 10.5. The van der Waals surface area contributed by atoms with Crippen LogP contribution in [0.2, 0.25) is 0 Å². The van der Waals surface area contributed by atoms with Crippen molar-refractivity contribution in [3.8, 4) is 12.3 Å². The van der Waals surface area contributed by atoms with Gasteiger partial charge in [-0.2, -0.15) is 0 Å². The first kappa shape index (κ1) is 18.9. The van der Waals surface area contributed by atoms with Crippen molar-refractivity contribution >= 4 is 5.91 Å². The van der Waals surface area contributed by atoms with Crippen LogP contribution >= 0.6 is 0 Å². The zero-order valence-electron chi connectivity index (χ0n) is 13.0. The minimum Gasteiger partial charge on any atom is -0.379 e. The second kappa shape index (κ2) is 13.5. The fourth-order valence-electron chi connectivity index (χ4n) is 1.65. The molecule has 0 atom stereocenters. The highest BCUT2D eigenvalue weighted by atomic mass is 16.6. The van der Waals surface area contributed by atoms with Crippen LogP contribution in [0.3, 0.4) is 0 Å². The molecule has 2 N–H and O–H groups in total. The molecule has 0 bridgehead atoms. The predicted molar refractivity (Wildman–Crippen MR) is 81.5 cm³/mol. The molecule has 1 fully saturated rings. The molecule has 0 saturated carbocycles. The van der Waals surface area contributed by atoms with Gasteiger partial charge < -0.3 is 29.6 Å². The molecular weight excluding hydrogens is 288 g/mol. The summed E-state index contributed by atoms with van der Waals surface area (Å²) in [6.07, 6.45) is 5.42. The Morgan fingerprint density at radius 2 is 1.55 bits per heavy atom. The van der Waals surface area contributed by atoms with E-state index in [1.807, 2.05) is 0 Å². The molecule has 22 heavy (non-hydrogen) atoms. The number of hydrogen-bond donors (Lipinski definition) is 2. The van der Waals surface area contributed by atoms with Crippen LogP contribution in [0, 0.1) is 12.3 Å². The van der Waals surface area contributed by atoms with E-state index in [0.717, 1.165) is 13.1 Å². The summed E-state index contributed by atoms with van der Waals surface area (Å²) in [5.74, 6) is 2.42. The van der Waals surface area contributed by atoms with Crippen LogP contribution in [0.15, 0.2) is 0 Å². The van der Waals surface area contributed by atoms with Crippen molar-refractivity contribution in [2.75, 3.05) is 65.9 Å². The summed E-state index contributed by atoms with van der Waals surface area (Å²) >= 11 is 0. The van der Waals surface area contributed by atoms with E-state index in [4.69, 9.17) is 25.4 Å². The maximum absolute atomic E-state index is 11.5. The highest BCUT2D eigenvalue weighted by Gasteiger charge is 2.18. The zero-order valence-corrected chi connectivity index (χ0v) is 13.0. The lowest BCUT2D eigenvalue weighted by molar-refractivity contribution is -0.123. The lowest BCUT2D eigenvalue weighted by Crippen LogP contribution is -2.57. The Morgan fingerprint density at radius 1 is 1.00 bits per heavy atom. The average Bonchev–Trinajstić information content (AvgIpc) is 2.48. The molecule has 1 rings (SSSR count). The summed E-state index contributed by atoms with van der Waals surface area (Å²) in [7, 11) is 0. The number of rotatable bonds is 14. The van der Waals surface area contributed by atoms with E-state index in [9.17, 15) is 4.79 Å². The van der Waals surface area contributed by atoms with Crippen LogP contribution < -0.4 is 10.6 Å². The van der Waals surface area contributed by atoms with E-state index in [1.165, 1.54) is 0 Å². The summed E-state index contributed by atoms with van der Waals surface area (Å²) in [6, 6.07) is 0.285. The van der Waals surface area contributed by atoms with Crippen LogP contribution in [-0.4, -0.2) is 77.9 Å². The van der Waals surface area contributed by atoms with Gasteiger partial charge >= 0.3 is 0 Å². The Labute approximate surface area is 132 Å². The molecule has 7 nitrogen and oxygen atoms in total. The fraction of sp³-hybridized carbons (Fsp3) is 0.800. The average molecular weight is 314 g/mol. The topological polar surface area (TPSA) is 78.0 Å². The highest BCUT2D eigenvalue weighted by molar-refractivity contribution is 5.76. The first-order valence-electron chi connectivity index (χ1n) is 7.57. The van der Waals surface area contributed by atoms with Gasteiger partial charge in [0.25, 0.3) is 0 Å². The first-order chi connectivity index (χ1) is 10.8. The van der Waals surface area contributed by atoms with Crippen molar-refractivity contribution in [1.29, 1.82) is 0 Å². The van der Waals surface area contributed by atoms with E-state index >= 15 is 0 Å². The second-order valence-electron chi connectivity index (χ2n) is 4.77. The van der Waals surface area contributed by atoms with E-state index in [0.29, 0.717) is 59.3 Å². The molecular formula is C15H26N2O5. The minimum absolute atomic E-state index is 0.0351. The van der Waals surface area contributed by atoms with Gasteiger partial charge in [0, 0.05) is 19.5 Å². The molecule has 0 unspecified atom stereocenters. The molecule has 0 aromatic rings. The molecule has 1 aliphatic rings. The maximum atomic E-state index is 11.5. The van der Waals surface area contributed by atoms with E-state index in [-0.39, 0.29) is 11.9 Å². The standard InChI is InChI=1S/C15H26N2O5/c1-2-4-19-6-8-21-10-11-22-9-7-20-5-3-15(18)17-14-12-16-13-14/h1,14,16H,3-13H2,(H,17,18). The summed E-state index contributed by atoms with van der Waals surface area (Å²) in [4.78, 5) is 11.5. The van der Waals surface area contributed by atoms with E-state index in [2.05, 4.69) is 16.6 Å². The molecule has 0 radical (unpaired) electrons. The van der Waals surface area contributed by atoms with Crippen molar-refractivity contribution in [3.05, 3.63) is 0 Å². The smallest absolute Gasteiger partial charge is 0.222 e. The summed E-state index contributed by atoms with van der Waals surface area (Å²) in [5, 5.41) is 6.01. The van der Waals surface area contributed by atoms with Crippen molar-refractivity contribution in [2.45, 2.75) is 12.5 Å². The second-order valence-corrected chi connectivity index (χ2v) is 4.77. The molecule has 126 valence electrons. The van der Waals surface area contributed by atoms with Crippen molar-refractivity contribution in [3.63, 3.8) is 0 Å². The minimum atomic E-state index is 0.0351. The molecule has 0 aromatic carbocycles. The number of ether oxygens (including phenoxy) is 4. The largest absolute Gasteiger partial charge is 0.379 e. The summed E-state index contributed by atoms with van der Waals surface area (Å²) in [6.45, 7) is 5.43. The van der Waals surface area contributed by atoms with Gasteiger partial charge in [-0.05, 0) is 0 Å². The summed E-state index contributed by atoms with van der Waals surface area (Å²) in [5.41, 5.74) is 0. The Hall–Kier alpha value is -1.17. The van der Waals surface area contributed by atoms with Crippen LogP contribution in [0.4, 0.5) is 0 Å². The predicted octanol–water partition coefficient (Wildman–Crippen LogP) is -0.836. The Kier molecular flexibility index (Phi) is 11.6. The monoisotopic (exact) mass is 314 g/mol. The SMILES string of the molecule is C#CCOCCOCCOCCOCCC(=O)NC1CNC1. The fourth-order valence-corrected chi connectivity index (χ4v) is 1.65. The summed E-state index contributed by atoms with van der Waals surface area (Å²) < 4.78 is 21.0. The normalized spacial score (nSPS) is 14.3. The van der Waals surface area contributed by atoms with Gasteiger partial charge in [0.15, 0.2) is 0 Å². The van der Waals surface area contributed by atoms with E-state index < -0.39 is 0 Å². The van der Waals surface area contributed by atoms with Crippen molar-refractivity contribution < 1.29 is 23.7 Å². The molecule has 1 amide bonds. The number of amides is 1. The number of carbonyl (C=O) groups excluding carboxylic acids is 1. The molecule has 0 aliphatic carbocycles. The highest BCUT2D eigenvalue weighted by Crippen LogP contribution is 1.92. The number of hydrogen-bond acceptors (Lipinski definition) is 6. The quantitative estimate of drug-likeness (QED) is 0.322. The number of terminal acetylenes is 1. The molecule has 1 saturated heterocycles. The lowest BCUT2D eigenvalue weighted by Gasteiger charge is -2.27. The van der Waals surface area contributed by atoms with Gasteiger partial charge in [-0.15, -0.1) is 6.42 Å². The number of carbonyl (C=O) groups is 1. The van der Waals surface area contributed by atoms with Crippen LogP contribution in [0.1, 0.15) is 6.42 Å². The number of nitrogens with one attached hydrogen (secondary N) is 2. The van der Waals surface area contributed by atoms with Gasteiger partial charge in [0.05, 0.1) is 52.3 Å². The van der Waals surface area contributed by atoms with Crippen LogP contribution in [0.25, 0.3) is 0 Å². The van der Waals surface area contributed by atoms with Gasteiger partial charge in [-0.1, -0.05) is 5.92 Å². The third-order valence-electron chi connectivity index (χ3n) is 2.92. The van der Waals surface area contributed by atoms with Gasteiger partial charge in [0.2, 0.25) is 5.91 Å². The third-order valence-corrected chi connectivity index (χ3v) is 2.92. The van der Waals surface area contributed by atoms with E-state index in [1.54, 1.807) is 0 Å². The van der Waals surface area contributed by atoms with Crippen molar-refractivity contribution in [2.24, 2.45) is 0 Å². The molecule has 0 aromatic heterocycles. The molecule has 0 spiro atoms. The first-order valence-corrected chi connectivity index (χ1v) is 7.57. The Balaban J connectivity index is 1.71. The van der Waals surface area contributed by atoms with Gasteiger partial charge in [-0.25, -0.2) is 0 Å². The molecule has 7 heteroatoms. The Morgan fingerprint density at radius 3 is 2.05 bits per heavy atom. The lowest BCUT2D eigenvalue weighted by atomic mass is 10.2.